The average molecular weight is 521 g/mol. The molecule has 2 rings (SSSR count). The number of aliphatic hydroxyl groups is 1. The van der Waals surface area contributed by atoms with E-state index >= 15 is 0 Å². The number of pyridine rings is 1. The molecule has 0 saturated carbocycles. The molecule has 0 spiro atoms. The second-order valence-corrected chi connectivity index (χ2v) is 9.02. The van der Waals surface area contributed by atoms with Gasteiger partial charge in [-0.15, -0.1) is 13.2 Å². The van der Waals surface area contributed by atoms with Crippen molar-refractivity contribution >= 4 is 11.6 Å². The van der Waals surface area contributed by atoms with Crippen LogP contribution in [-0.4, -0.2) is 47.8 Å². The van der Waals surface area contributed by atoms with E-state index in [4.69, 9.17) is 4.99 Å². The summed E-state index contributed by atoms with van der Waals surface area (Å²) in [5, 5.41) is 15.1. The molecule has 0 fully saturated rings. The van der Waals surface area contributed by atoms with Crippen LogP contribution in [0.1, 0.15) is 44.0 Å². The monoisotopic (exact) mass is 520 g/mol. The van der Waals surface area contributed by atoms with Gasteiger partial charge in [-0.25, -0.2) is 4.99 Å². The molecular formula is C27H35F3N4O3. The largest absolute Gasteiger partial charge is 0.573 e. The summed E-state index contributed by atoms with van der Waals surface area (Å²) in [7, 11) is 1.65. The molecule has 202 valence electrons. The zero-order valence-electron chi connectivity index (χ0n) is 21.8. The summed E-state index contributed by atoms with van der Waals surface area (Å²) in [5.74, 6) is -0.440. The highest BCUT2D eigenvalue weighted by molar-refractivity contribution is 5.95. The number of carbonyl (C=O) groups excluding carboxylic acids is 1. The maximum absolute atomic E-state index is 12.7. The normalized spacial score (nSPS) is 14.5. The van der Waals surface area contributed by atoms with Crippen LogP contribution in [0.15, 0.2) is 59.0 Å². The van der Waals surface area contributed by atoms with E-state index in [1.165, 1.54) is 18.2 Å². The molecule has 0 radical (unpaired) electrons. The van der Waals surface area contributed by atoms with Gasteiger partial charge in [-0.1, -0.05) is 25.1 Å². The molecule has 0 saturated heterocycles. The Bertz CT molecular complexity index is 1100. The Hall–Kier alpha value is -3.40. The first-order valence-electron chi connectivity index (χ1n) is 12.1. The number of carbonyl (C=O) groups is 1. The van der Waals surface area contributed by atoms with Gasteiger partial charge >= 0.3 is 6.36 Å². The van der Waals surface area contributed by atoms with Crippen molar-refractivity contribution in [2.24, 2.45) is 10.9 Å². The summed E-state index contributed by atoms with van der Waals surface area (Å²) in [6, 6.07) is 9.66. The molecule has 1 heterocycles. The molecule has 7 nitrogen and oxygen atoms in total. The predicted molar refractivity (Wildman–Crippen MR) is 137 cm³/mol. The molecule has 2 atom stereocenters. The minimum absolute atomic E-state index is 0.142. The van der Waals surface area contributed by atoms with E-state index < -0.39 is 12.5 Å². The molecule has 0 aliphatic heterocycles. The fourth-order valence-electron chi connectivity index (χ4n) is 3.54. The van der Waals surface area contributed by atoms with Crippen LogP contribution in [0.25, 0.3) is 0 Å². The van der Waals surface area contributed by atoms with Crippen LogP contribution in [-0.2, 0) is 17.6 Å². The Morgan fingerprint density at radius 3 is 2.54 bits per heavy atom. The van der Waals surface area contributed by atoms with Gasteiger partial charge in [0.25, 0.3) is 5.91 Å². The second-order valence-electron chi connectivity index (χ2n) is 9.02. The number of aliphatic hydroxyl groups excluding tert-OH is 1. The lowest BCUT2D eigenvalue weighted by molar-refractivity contribution is -0.274. The Kier molecular flexibility index (Phi) is 11.1. The van der Waals surface area contributed by atoms with Crippen LogP contribution >= 0.6 is 0 Å². The number of rotatable bonds is 12. The van der Waals surface area contributed by atoms with Gasteiger partial charge < -0.3 is 20.5 Å². The highest BCUT2D eigenvalue weighted by atomic mass is 19.4. The fraction of sp³-hybridized carbons (Fsp3) is 0.444. The van der Waals surface area contributed by atoms with E-state index in [9.17, 15) is 23.1 Å². The van der Waals surface area contributed by atoms with Crippen molar-refractivity contribution in [2.75, 3.05) is 13.6 Å². The van der Waals surface area contributed by atoms with E-state index in [0.717, 1.165) is 11.3 Å². The number of nitrogens with zero attached hydrogens (tertiary/aromatic N) is 2. The summed E-state index contributed by atoms with van der Waals surface area (Å²) in [4.78, 5) is 21.9. The number of aliphatic imine (C=N–C) groups is 1. The topological polar surface area (TPSA) is 95.8 Å². The summed E-state index contributed by atoms with van der Waals surface area (Å²) in [5.41, 5.74) is 3.47. The Morgan fingerprint density at radius 2 is 1.95 bits per heavy atom. The van der Waals surface area contributed by atoms with E-state index in [0.29, 0.717) is 42.1 Å². The molecule has 10 heteroatoms. The van der Waals surface area contributed by atoms with Crippen molar-refractivity contribution in [3.05, 3.63) is 70.8 Å². The third kappa shape index (κ3) is 10.6. The molecule has 37 heavy (non-hydrogen) atoms. The van der Waals surface area contributed by atoms with Crippen LogP contribution in [0.5, 0.6) is 5.75 Å². The lowest BCUT2D eigenvalue weighted by Crippen LogP contribution is -2.29. The summed E-state index contributed by atoms with van der Waals surface area (Å²) >= 11 is 0. The van der Waals surface area contributed by atoms with Gasteiger partial charge in [-0.05, 0) is 62.9 Å². The molecule has 0 aliphatic rings. The Morgan fingerprint density at radius 1 is 1.22 bits per heavy atom. The zero-order valence-corrected chi connectivity index (χ0v) is 21.8. The third-order valence-corrected chi connectivity index (χ3v) is 5.61. The Labute approximate surface area is 215 Å². The average Bonchev–Trinajstić information content (AvgIpc) is 2.81. The lowest BCUT2D eigenvalue weighted by atomic mass is 9.93. The summed E-state index contributed by atoms with van der Waals surface area (Å²) < 4.78 is 42.3. The van der Waals surface area contributed by atoms with Crippen LogP contribution < -0.4 is 15.4 Å². The third-order valence-electron chi connectivity index (χ3n) is 5.61. The minimum Gasteiger partial charge on any atom is -0.406 e. The second kappa shape index (κ2) is 13.8. The highest BCUT2D eigenvalue weighted by Crippen LogP contribution is 2.24. The first-order chi connectivity index (χ1) is 17.4. The number of amides is 1. The fourth-order valence-corrected chi connectivity index (χ4v) is 3.54. The van der Waals surface area contributed by atoms with Crippen LogP contribution in [0.3, 0.4) is 0 Å². The van der Waals surface area contributed by atoms with Gasteiger partial charge in [0.2, 0.25) is 0 Å². The van der Waals surface area contributed by atoms with Crippen molar-refractivity contribution in [2.45, 2.75) is 59.4 Å². The van der Waals surface area contributed by atoms with Crippen LogP contribution in [0.2, 0.25) is 0 Å². The van der Waals surface area contributed by atoms with E-state index in [1.54, 1.807) is 33.2 Å². The first kappa shape index (κ1) is 29.8. The van der Waals surface area contributed by atoms with Gasteiger partial charge in [-0.2, -0.15) is 0 Å². The number of hydrogen-bond acceptors (Lipinski definition) is 6. The number of nitrogens with one attached hydrogen (secondary N) is 2. The van der Waals surface area contributed by atoms with Crippen LogP contribution in [0, 0.1) is 12.8 Å². The van der Waals surface area contributed by atoms with Crippen molar-refractivity contribution < 1.29 is 27.8 Å². The van der Waals surface area contributed by atoms with Gasteiger partial charge in [0.1, 0.15) is 11.6 Å². The standard InChI is InChI=1S/C27H35F3N4O3/c1-17-9-10-22(33-16-17)13-18(2)24(15-21-7-6-8-23(14-21)37-27(28,29)30)34-25(31-5)20(4)26(36)32-12-11-19(3)35/h6-10,14,16,18-19,31,35H,11-13,15H2,1-5H3,(H,32,36)/b25-20+,34-24-. The smallest absolute Gasteiger partial charge is 0.406 e. The number of benzene rings is 1. The van der Waals surface area contributed by atoms with Crippen molar-refractivity contribution in [3.8, 4) is 5.75 Å². The van der Waals surface area contributed by atoms with Gasteiger partial charge in [-0.3, -0.25) is 9.78 Å². The van der Waals surface area contributed by atoms with Crippen molar-refractivity contribution in [1.82, 2.24) is 15.6 Å². The molecule has 1 aromatic heterocycles. The van der Waals surface area contributed by atoms with Crippen molar-refractivity contribution in [3.63, 3.8) is 0 Å². The highest BCUT2D eigenvalue weighted by Gasteiger charge is 2.31. The number of aromatic nitrogens is 1. The molecule has 3 N–H and O–H groups in total. The summed E-state index contributed by atoms with van der Waals surface area (Å²) in [6.07, 6.45) is -2.35. The molecule has 0 aliphatic carbocycles. The first-order valence-corrected chi connectivity index (χ1v) is 12.1. The quantitative estimate of drug-likeness (QED) is 0.283. The zero-order chi connectivity index (χ0) is 27.6. The van der Waals surface area contributed by atoms with E-state index in [1.807, 2.05) is 26.0 Å². The van der Waals surface area contributed by atoms with Gasteiger partial charge in [0.15, 0.2) is 0 Å². The van der Waals surface area contributed by atoms with Crippen molar-refractivity contribution in [1.29, 1.82) is 0 Å². The maximum atomic E-state index is 12.7. The number of hydrogen-bond donors (Lipinski definition) is 3. The molecule has 1 amide bonds. The number of halogens is 3. The van der Waals surface area contributed by atoms with Gasteiger partial charge in [0, 0.05) is 43.5 Å². The number of alkyl halides is 3. The molecular weight excluding hydrogens is 485 g/mol. The lowest BCUT2D eigenvalue weighted by Gasteiger charge is -2.18. The minimum atomic E-state index is -4.79. The molecule has 2 aromatic rings. The Balaban J connectivity index is 2.39. The predicted octanol–water partition coefficient (Wildman–Crippen LogP) is 4.49. The molecule has 2 unspecified atom stereocenters. The van der Waals surface area contributed by atoms with E-state index in [-0.39, 0.29) is 24.0 Å². The van der Waals surface area contributed by atoms with Gasteiger partial charge in [0.05, 0.1) is 11.7 Å². The van der Waals surface area contributed by atoms with Crippen LogP contribution in [0.4, 0.5) is 13.2 Å². The number of ether oxygens (including phenoxy) is 1. The maximum Gasteiger partial charge on any atom is 0.573 e. The molecule has 1 aromatic carbocycles. The summed E-state index contributed by atoms with van der Waals surface area (Å²) in [6.45, 7) is 7.49. The molecule has 0 bridgehead atoms. The number of aryl methyl sites for hydroxylation is 1. The SMILES string of the molecule is CNC(/N=C(/Cc1cccc(OC(F)(F)F)c1)C(C)Cc1ccc(C)cn1)=C(/C)C(=O)NCCC(C)O. The van der Waals surface area contributed by atoms with E-state index in [2.05, 4.69) is 20.4 Å².